The zero-order valence-electron chi connectivity index (χ0n) is 12.1. The summed E-state index contributed by atoms with van der Waals surface area (Å²) >= 11 is 0. The molecule has 1 atom stereocenters. The van der Waals surface area contributed by atoms with E-state index in [1.807, 2.05) is 0 Å². The summed E-state index contributed by atoms with van der Waals surface area (Å²) < 4.78 is 0. The smallest absolute Gasteiger partial charge is 0.159 e. The summed E-state index contributed by atoms with van der Waals surface area (Å²) in [6.07, 6.45) is 2.44. The second-order valence-corrected chi connectivity index (χ2v) is 5.58. The van der Waals surface area contributed by atoms with Crippen LogP contribution in [0.5, 0.6) is 0 Å². The zero-order chi connectivity index (χ0) is 14.5. The summed E-state index contributed by atoms with van der Waals surface area (Å²) in [4.78, 5) is 13.8. The van der Waals surface area contributed by atoms with Crippen LogP contribution in [0.2, 0.25) is 0 Å². The number of hydrogen-bond donors (Lipinski definition) is 1. The van der Waals surface area contributed by atoms with Crippen molar-refractivity contribution >= 4 is 11.5 Å². The normalized spacial score (nSPS) is 19.4. The summed E-state index contributed by atoms with van der Waals surface area (Å²) in [7, 11) is 2.14. The Kier molecular flexibility index (Phi) is 4.75. The van der Waals surface area contributed by atoms with Gasteiger partial charge in [-0.25, -0.2) is 0 Å². The van der Waals surface area contributed by atoms with Gasteiger partial charge in [0.25, 0.3) is 0 Å². The molecule has 1 saturated heterocycles. The molecule has 1 aromatic rings. The summed E-state index contributed by atoms with van der Waals surface area (Å²) in [5.41, 5.74) is 2.01. The molecule has 0 aliphatic carbocycles. The number of anilines is 1. The fourth-order valence-corrected chi connectivity index (χ4v) is 2.70. The number of nitriles is 1. The fraction of sp³-hybridized carbons (Fsp3) is 0.500. The number of ketones is 1. The van der Waals surface area contributed by atoms with E-state index in [1.54, 1.807) is 25.1 Å². The molecule has 106 valence electrons. The summed E-state index contributed by atoms with van der Waals surface area (Å²) in [6.45, 7) is 4.64. The van der Waals surface area contributed by atoms with E-state index in [0.29, 0.717) is 17.0 Å². The van der Waals surface area contributed by atoms with Gasteiger partial charge in [0, 0.05) is 18.7 Å². The highest BCUT2D eigenvalue weighted by atomic mass is 16.1. The lowest BCUT2D eigenvalue weighted by Gasteiger charge is -2.30. The molecule has 1 fully saturated rings. The topological polar surface area (TPSA) is 56.1 Å². The predicted molar refractivity (Wildman–Crippen MR) is 79.9 cm³/mol. The van der Waals surface area contributed by atoms with Gasteiger partial charge in [-0.1, -0.05) is 0 Å². The fourth-order valence-electron chi connectivity index (χ4n) is 2.70. The number of likely N-dealkylation sites (tertiary alicyclic amines) is 1. The Morgan fingerprint density at radius 1 is 1.55 bits per heavy atom. The van der Waals surface area contributed by atoms with Crippen molar-refractivity contribution < 1.29 is 4.79 Å². The summed E-state index contributed by atoms with van der Waals surface area (Å²) in [5.74, 6) is 0.621. The van der Waals surface area contributed by atoms with Gasteiger partial charge < -0.3 is 10.2 Å². The van der Waals surface area contributed by atoms with Crippen molar-refractivity contribution in [3.8, 4) is 6.07 Å². The largest absolute Gasteiger partial charge is 0.384 e. The first kappa shape index (κ1) is 14.5. The summed E-state index contributed by atoms with van der Waals surface area (Å²) in [6, 6.07) is 7.38. The number of Topliss-reactive ketones (excluding diaryl/α,β-unsaturated/α-hetero) is 1. The number of hydrogen-bond acceptors (Lipinski definition) is 4. The molecule has 1 aliphatic heterocycles. The molecule has 0 aromatic heterocycles. The first-order valence-corrected chi connectivity index (χ1v) is 7.07. The third-order valence-corrected chi connectivity index (χ3v) is 3.85. The Morgan fingerprint density at radius 3 is 3.00 bits per heavy atom. The van der Waals surface area contributed by atoms with Crippen LogP contribution in [-0.2, 0) is 0 Å². The Labute approximate surface area is 120 Å². The number of piperidine rings is 1. The van der Waals surface area contributed by atoms with E-state index in [-0.39, 0.29) is 5.78 Å². The number of carbonyl (C=O) groups is 1. The van der Waals surface area contributed by atoms with Crippen LogP contribution >= 0.6 is 0 Å². The van der Waals surface area contributed by atoms with Crippen molar-refractivity contribution in [3.05, 3.63) is 29.3 Å². The quantitative estimate of drug-likeness (QED) is 0.855. The van der Waals surface area contributed by atoms with Gasteiger partial charge >= 0.3 is 0 Å². The molecule has 0 bridgehead atoms. The van der Waals surface area contributed by atoms with Gasteiger partial charge in [-0.2, -0.15) is 5.26 Å². The van der Waals surface area contributed by atoms with Crippen molar-refractivity contribution in [2.75, 3.05) is 32.0 Å². The van der Waals surface area contributed by atoms with E-state index >= 15 is 0 Å². The molecule has 1 heterocycles. The highest BCUT2D eigenvalue weighted by Gasteiger charge is 2.17. The predicted octanol–water partition coefficient (Wildman–Crippen LogP) is 2.51. The monoisotopic (exact) mass is 271 g/mol. The summed E-state index contributed by atoms with van der Waals surface area (Å²) in [5, 5.41) is 12.5. The van der Waals surface area contributed by atoms with E-state index in [9.17, 15) is 4.79 Å². The Morgan fingerprint density at radius 2 is 2.35 bits per heavy atom. The molecule has 2 rings (SSSR count). The molecule has 1 aliphatic rings. The molecule has 4 nitrogen and oxygen atoms in total. The van der Waals surface area contributed by atoms with Crippen LogP contribution in [0.4, 0.5) is 5.69 Å². The molecule has 0 spiro atoms. The van der Waals surface area contributed by atoms with E-state index in [0.717, 1.165) is 18.8 Å². The molecule has 0 radical (unpaired) electrons. The minimum Gasteiger partial charge on any atom is -0.384 e. The van der Waals surface area contributed by atoms with Crippen LogP contribution in [0.15, 0.2) is 18.2 Å². The minimum absolute atomic E-state index is 0.0231. The van der Waals surface area contributed by atoms with Gasteiger partial charge in [0.05, 0.1) is 11.3 Å². The van der Waals surface area contributed by atoms with E-state index < -0.39 is 0 Å². The van der Waals surface area contributed by atoms with Crippen LogP contribution in [0.3, 0.4) is 0 Å². The number of carbonyl (C=O) groups excluding carboxylic acids is 1. The molecule has 4 heteroatoms. The zero-order valence-corrected chi connectivity index (χ0v) is 12.1. The number of benzene rings is 1. The third kappa shape index (κ3) is 3.58. The lowest BCUT2D eigenvalue weighted by atomic mass is 9.98. The first-order valence-electron chi connectivity index (χ1n) is 7.07. The maximum Gasteiger partial charge on any atom is 0.159 e. The van der Waals surface area contributed by atoms with Crippen molar-refractivity contribution in [2.45, 2.75) is 19.8 Å². The third-order valence-electron chi connectivity index (χ3n) is 3.85. The Bertz CT molecular complexity index is 533. The standard InChI is InChI=1S/C16H21N3O/c1-12(20)14-5-6-15(9-17)16(8-14)18-10-13-4-3-7-19(2)11-13/h5-6,8,13,18H,3-4,7,10-11H2,1-2H3. The maximum absolute atomic E-state index is 11.4. The van der Waals surface area contributed by atoms with E-state index in [1.165, 1.54) is 19.4 Å². The number of nitrogens with one attached hydrogen (secondary N) is 1. The maximum atomic E-state index is 11.4. The van der Waals surface area contributed by atoms with Crippen molar-refractivity contribution in [3.63, 3.8) is 0 Å². The second-order valence-electron chi connectivity index (χ2n) is 5.58. The van der Waals surface area contributed by atoms with Crippen LogP contribution in [0.1, 0.15) is 35.7 Å². The van der Waals surface area contributed by atoms with Crippen molar-refractivity contribution in [1.82, 2.24) is 4.90 Å². The molecule has 1 unspecified atom stereocenters. The van der Waals surface area contributed by atoms with Gasteiger partial charge in [0.2, 0.25) is 0 Å². The van der Waals surface area contributed by atoms with Gasteiger partial charge in [0.1, 0.15) is 6.07 Å². The Balaban J connectivity index is 2.06. The van der Waals surface area contributed by atoms with Crippen LogP contribution in [0, 0.1) is 17.2 Å². The first-order chi connectivity index (χ1) is 9.60. The van der Waals surface area contributed by atoms with Crippen LogP contribution < -0.4 is 5.32 Å². The minimum atomic E-state index is 0.0231. The highest BCUT2D eigenvalue weighted by molar-refractivity contribution is 5.95. The van der Waals surface area contributed by atoms with E-state index in [4.69, 9.17) is 5.26 Å². The molecular weight excluding hydrogens is 250 g/mol. The number of nitrogens with zero attached hydrogens (tertiary/aromatic N) is 2. The highest BCUT2D eigenvalue weighted by Crippen LogP contribution is 2.20. The van der Waals surface area contributed by atoms with E-state index in [2.05, 4.69) is 23.3 Å². The van der Waals surface area contributed by atoms with Gasteiger partial charge in [-0.15, -0.1) is 0 Å². The average Bonchev–Trinajstić information content (AvgIpc) is 2.44. The SMILES string of the molecule is CC(=O)c1ccc(C#N)c(NCC2CCCN(C)C2)c1. The molecule has 1 aromatic carbocycles. The lowest BCUT2D eigenvalue weighted by molar-refractivity contribution is 0.101. The molecule has 20 heavy (non-hydrogen) atoms. The van der Waals surface area contributed by atoms with Crippen molar-refractivity contribution in [2.24, 2.45) is 5.92 Å². The molecule has 0 amide bonds. The van der Waals surface area contributed by atoms with Gasteiger partial charge in [-0.05, 0) is 57.5 Å². The van der Waals surface area contributed by atoms with Crippen LogP contribution in [0.25, 0.3) is 0 Å². The molecule has 1 N–H and O–H groups in total. The lowest BCUT2D eigenvalue weighted by Crippen LogP contribution is -2.35. The number of rotatable bonds is 4. The van der Waals surface area contributed by atoms with Gasteiger partial charge in [0.15, 0.2) is 5.78 Å². The molecule has 0 saturated carbocycles. The van der Waals surface area contributed by atoms with Crippen LogP contribution in [-0.4, -0.2) is 37.4 Å². The second kappa shape index (κ2) is 6.53. The van der Waals surface area contributed by atoms with Crippen molar-refractivity contribution in [1.29, 1.82) is 5.26 Å². The Hall–Kier alpha value is -1.86. The average molecular weight is 271 g/mol. The molecular formula is C16H21N3O. The van der Waals surface area contributed by atoms with Gasteiger partial charge in [-0.3, -0.25) is 4.79 Å².